The number of hydrogen-bond acceptors (Lipinski definition) is 3. The van der Waals surface area contributed by atoms with E-state index in [0.717, 1.165) is 25.1 Å². The van der Waals surface area contributed by atoms with Gasteiger partial charge in [0, 0.05) is 19.0 Å². The SMILES string of the molecule is Oc1cccc(CN2CC[C@@H](c3ccc4ccccc4c3)[C@H](O)C2)c1. The lowest BCUT2D eigenvalue weighted by atomic mass is 9.86. The number of phenolic OH excluding ortho intramolecular Hbond substituents is 1. The molecule has 1 saturated heterocycles. The molecule has 0 bridgehead atoms. The second-order valence-electron chi connectivity index (χ2n) is 6.97. The van der Waals surface area contributed by atoms with E-state index < -0.39 is 0 Å². The largest absolute Gasteiger partial charge is 0.508 e. The van der Waals surface area contributed by atoms with Gasteiger partial charge in [-0.05, 0) is 47.0 Å². The molecule has 1 aliphatic rings. The van der Waals surface area contributed by atoms with E-state index in [1.807, 2.05) is 12.1 Å². The maximum absolute atomic E-state index is 10.7. The summed E-state index contributed by atoms with van der Waals surface area (Å²) in [4.78, 5) is 2.26. The molecule has 3 heteroatoms. The minimum absolute atomic E-state index is 0.185. The topological polar surface area (TPSA) is 43.7 Å². The van der Waals surface area contributed by atoms with Crippen LogP contribution in [0.4, 0.5) is 0 Å². The molecule has 0 spiro atoms. The monoisotopic (exact) mass is 333 g/mol. The second-order valence-corrected chi connectivity index (χ2v) is 6.97. The van der Waals surface area contributed by atoms with Crippen LogP contribution in [0.15, 0.2) is 66.7 Å². The number of aliphatic hydroxyl groups excluding tert-OH is 1. The summed E-state index contributed by atoms with van der Waals surface area (Å²) >= 11 is 0. The maximum atomic E-state index is 10.7. The predicted octanol–water partition coefficient (Wildman–Crippen LogP) is 3.90. The van der Waals surface area contributed by atoms with Gasteiger partial charge in [-0.3, -0.25) is 4.90 Å². The van der Waals surface area contributed by atoms with Gasteiger partial charge in [0.1, 0.15) is 5.75 Å². The van der Waals surface area contributed by atoms with E-state index in [0.29, 0.717) is 12.3 Å². The van der Waals surface area contributed by atoms with Crippen LogP contribution in [0.5, 0.6) is 5.75 Å². The highest BCUT2D eigenvalue weighted by Crippen LogP contribution is 2.31. The zero-order chi connectivity index (χ0) is 17.2. The smallest absolute Gasteiger partial charge is 0.115 e. The van der Waals surface area contributed by atoms with Gasteiger partial charge >= 0.3 is 0 Å². The number of rotatable bonds is 3. The molecule has 25 heavy (non-hydrogen) atoms. The third-order valence-electron chi connectivity index (χ3n) is 5.18. The highest BCUT2D eigenvalue weighted by molar-refractivity contribution is 5.83. The Bertz CT molecular complexity index is 877. The van der Waals surface area contributed by atoms with E-state index in [-0.39, 0.29) is 12.0 Å². The van der Waals surface area contributed by atoms with Gasteiger partial charge in [0.05, 0.1) is 6.10 Å². The van der Waals surface area contributed by atoms with Crippen LogP contribution in [0.1, 0.15) is 23.5 Å². The van der Waals surface area contributed by atoms with Crippen molar-refractivity contribution in [2.24, 2.45) is 0 Å². The van der Waals surface area contributed by atoms with Gasteiger partial charge in [-0.25, -0.2) is 0 Å². The summed E-state index contributed by atoms with van der Waals surface area (Å²) in [6.07, 6.45) is 0.574. The Morgan fingerprint density at radius 1 is 0.920 bits per heavy atom. The van der Waals surface area contributed by atoms with E-state index >= 15 is 0 Å². The van der Waals surface area contributed by atoms with Crippen molar-refractivity contribution in [1.29, 1.82) is 0 Å². The van der Waals surface area contributed by atoms with Crippen molar-refractivity contribution in [2.45, 2.75) is 25.0 Å². The molecule has 0 saturated carbocycles. The molecule has 1 heterocycles. The van der Waals surface area contributed by atoms with Gasteiger partial charge in [-0.2, -0.15) is 0 Å². The molecular weight excluding hydrogens is 310 g/mol. The summed E-state index contributed by atoms with van der Waals surface area (Å²) in [6.45, 7) is 2.37. The number of benzene rings is 3. The summed E-state index contributed by atoms with van der Waals surface area (Å²) in [6, 6.07) is 22.2. The van der Waals surface area contributed by atoms with E-state index in [1.165, 1.54) is 16.3 Å². The molecule has 2 atom stereocenters. The van der Waals surface area contributed by atoms with E-state index in [4.69, 9.17) is 0 Å². The van der Waals surface area contributed by atoms with Crippen LogP contribution in [-0.2, 0) is 6.54 Å². The summed E-state index contributed by atoms with van der Waals surface area (Å²) in [5.41, 5.74) is 2.31. The molecule has 3 aromatic rings. The number of hydrogen-bond donors (Lipinski definition) is 2. The predicted molar refractivity (Wildman–Crippen MR) is 101 cm³/mol. The van der Waals surface area contributed by atoms with Gasteiger partial charge in [-0.1, -0.05) is 54.6 Å². The first-order valence-electron chi connectivity index (χ1n) is 8.86. The Morgan fingerprint density at radius 3 is 2.56 bits per heavy atom. The fraction of sp³-hybridized carbons (Fsp3) is 0.273. The van der Waals surface area contributed by atoms with Gasteiger partial charge < -0.3 is 10.2 Å². The first-order valence-corrected chi connectivity index (χ1v) is 8.86. The molecule has 1 fully saturated rings. The fourth-order valence-corrected chi connectivity index (χ4v) is 3.88. The number of fused-ring (bicyclic) bond motifs is 1. The van der Waals surface area contributed by atoms with Gasteiger partial charge in [0.25, 0.3) is 0 Å². The molecule has 0 amide bonds. The Hall–Kier alpha value is -2.36. The van der Waals surface area contributed by atoms with Gasteiger partial charge in [0.2, 0.25) is 0 Å². The molecule has 0 aliphatic carbocycles. The minimum Gasteiger partial charge on any atom is -0.508 e. The molecule has 3 nitrogen and oxygen atoms in total. The van der Waals surface area contributed by atoms with Crippen LogP contribution in [0, 0.1) is 0 Å². The molecule has 4 rings (SSSR count). The van der Waals surface area contributed by atoms with Crippen molar-refractivity contribution in [3.05, 3.63) is 77.9 Å². The second kappa shape index (κ2) is 6.87. The Morgan fingerprint density at radius 2 is 1.76 bits per heavy atom. The first-order chi connectivity index (χ1) is 12.2. The summed E-state index contributed by atoms with van der Waals surface area (Å²) in [5.74, 6) is 0.481. The average Bonchev–Trinajstić information content (AvgIpc) is 2.61. The molecule has 0 radical (unpaired) electrons. The quantitative estimate of drug-likeness (QED) is 0.764. The van der Waals surface area contributed by atoms with Gasteiger partial charge in [0.15, 0.2) is 0 Å². The Kier molecular flexibility index (Phi) is 4.43. The number of phenols is 1. The standard InChI is InChI=1S/C22H23NO2/c24-20-7-3-4-16(12-20)14-23-11-10-21(22(25)15-23)19-9-8-17-5-1-2-6-18(17)13-19/h1-9,12-13,21-22,24-25H,10-11,14-15H2/t21-,22+/m0/s1. The van der Waals surface area contributed by atoms with Crippen molar-refractivity contribution < 1.29 is 10.2 Å². The van der Waals surface area contributed by atoms with Crippen LogP contribution in [-0.4, -0.2) is 34.3 Å². The lowest BCUT2D eigenvalue weighted by Crippen LogP contribution is -2.42. The highest BCUT2D eigenvalue weighted by Gasteiger charge is 2.28. The normalized spacial score (nSPS) is 21.5. The molecule has 0 aromatic heterocycles. The van der Waals surface area contributed by atoms with Crippen LogP contribution >= 0.6 is 0 Å². The number of nitrogens with zero attached hydrogens (tertiary/aromatic N) is 1. The van der Waals surface area contributed by atoms with Crippen molar-refractivity contribution in [3.63, 3.8) is 0 Å². The number of likely N-dealkylation sites (tertiary alicyclic amines) is 1. The van der Waals surface area contributed by atoms with E-state index in [1.54, 1.807) is 12.1 Å². The zero-order valence-electron chi connectivity index (χ0n) is 14.2. The van der Waals surface area contributed by atoms with E-state index in [9.17, 15) is 10.2 Å². The number of β-amino-alcohol motifs (C(OH)–C–C–N with tert-alkyl or cyclic N) is 1. The third-order valence-corrected chi connectivity index (χ3v) is 5.18. The Balaban J connectivity index is 1.47. The molecule has 128 valence electrons. The zero-order valence-corrected chi connectivity index (χ0v) is 14.2. The van der Waals surface area contributed by atoms with Gasteiger partial charge in [-0.15, -0.1) is 0 Å². The number of piperidine rings is 1. The van der Waals surface area contributed by atoms with Crippen LogP contribution in [0.2, 0.25) is 0 Å². The number of aliphatic hydroxyl groups is 1. The highest BCUT2D eigenvalue weighted by atomic mass is 16.3. The first kappa shape index (κ1) is 16.1. The average molecular weight is 333 g/mol. The molecule has 0 unspecified atom stereocenters. The van der Waals surface area contributed by atoms with Crippen molar-refractivity contribution in [3.8, 4) is 5.75 Å². The molecule has 1 aliphatic heterocycles. The van der Waals surface area contributed by atoms with E-state index in [2.05, 4.69) is 47.4 Å². The third kappa shape index (κ3) is 3.53. The van der Waals surface area contributed by atoms with Crippen molar-refractivity contribution in [2.75, 3.05) is 13.1 Å². The summed E-state index contributed by atoms with van der Waals surface area (Å²) < 4.78 is 0. The lowest BCUT2D eigenvalue weighted by Gasteiger charge is -2.36. The van der Waals surface area contributed by atoms with Crippen LogP contribution < -0.4 is 0 Å². The number of aromatic hydroxyl groups is 1. The molecule has 2 N–H and O–H groups in total. The lowest BCUT2D eigenvalue weighted by molar-refractivity contribution is 0.0477. The van der Waals surface area contributed by atoms with Crippen LogP contribution in [0.3, 0.4) is 0 Å². The minimum atomic E-state index is -0.368. The summed E-state index contributed by atoms with van der Waals surface area (Å²) in [7, 11) is 0. The summed E-state index contributed by atoms with van der Waals surface area (Å²) in [5, 5.41) is 22.8. The van der Waals surface area contributed by atoms with Crippen molar-refractivity contribution >= 4 is 10.8 Å². The van der Waals surface area contributed by atoms with Crippen LogP contribution in [0.25, 0.3) is 10.8 Å². The fourth-order valence-electron chi connectivity index (χ4n) is 3.88. The molecular formula is C22H23NO2. The molecule has 3 aromatic carbocycles. The van der Waals surface area contributed by atoms with Crippen molar-refractivity contribution in [1.82, 2.24) is 4.90 Å². The maximum Gasteiger partial charge on any atom is 0.115 e. The Labute approximate surface area is 148 Å².